The lowest BCUT2D eigenvalue weighted by molar-refractivity contribution is 0.0512. The molecule has 3 fully saturated rings. The average Bonchev–Trinajstić information content (AvgIpc) is 3.75. The van der Waals surface area contributed by atoms with E-state index in [0.29, 0.717) is 52.0 Å². The van der Waals surface area contributed by atoms with Crippen molar-refractivity contribution in [2.45, 2.75) is 62.4 Å². The van der Waals surface area contributed by atoms with E-state index < -0.39 is 23.3 Å². The van der Waals surface area contributed by atoms with Gasteiger partial charge >= 0.3 is 6.01 Å². The second-order valence-electron chi connectivity index (χ2n) is 13.1. The van der Waals surface area contributed by atoms with E-state index in [1.165, 1.54) is 13.2 Å². The Kier molecular flexibility index (Phi) is 7.33. The van der Waals surface area contributed by atoms with Crippen molar-refractivity contribution in [3.8, 4) is 41.0 Å². The largest absolute Gasteiger partial charge is 0.487 e. The van der Waals surface area contributed by atoms with E-state index in [0.717, 1.165) is 38.6 Å². The van der Waals surface area contributed by atoms with Crippen LogP contribution in [0.5, 0.6) is 17.5 Å². The van der Waals surface area contributed by atoms with Crippen molar-refractivity contribution in [2.75, 3.05) is 45.5 Å². The van der Waals surface area contributed by atoms with Gasteiger partial charge in [0, 0.05) is 38.1 Å². The number of benzene rings is 3. The Labute approximate surface area is 270 Å². The molecule has 0 radical (unpaired) electrons. The molecule has 8 nitrogen and oxygen atoms in total. The van der Waals surface area contributed by atoms with Crippen LogP contribution in [0.25, 0.3) is 32.8 Å². The highest BCUT2D eigenvalue weighted by atomic mass is 19.1. The lowest BCUT2D eigenvalue weighted by Gasteiger charge is -2.31. The van der Waals surface area contributed by atoms with Gasteiger partial charge in [-0.25, -0.2) is 13.2 Å². The van der Waals surface area contributed by atoms with E-state index in [4.69, 9.17) is 30.4 Å². The van der Waals surface area contributed by atoms with Crippen molar-refractivity contribution < 1.29 is 32.1 Å². The van der Waals surface area contributed by atoms with Gasteiger partial charge in [0.2, 0.25) is 0 Å². The molecule has 0 bridgehead atoms. The fraction of sp³-hybridized carbons (Fsp3) is 0.444. The van der Waals surface area contributed by atoms with Gasteiger partial charge in [0.1, 0.15) is 47.5 Å². The number of methoxy groups -OCH3 is 1. The Morgan fingerprint density at radius 3 is 2.79 bits per heavy atom. The van der Waals surface area contributed by atoms with E-state index in [-0.39, 0.29) is 48.2 Å². The summed E-state index contributed by atoms with van der Waals surface area (Å²) < 4.78 is 70.6. The summed E-state index contributed by atoms with van der Waals surface area (Å²) in [5, 5.41) is 1.36. The molecular formula is C36H35F3N4O4. The second kappa shape index (κ2) is 11.5. The van der Waals surface area contributed by atoms with E-state index in [9.17, 15) is 4.39 Å². The van der Waals surface area contributed by atoms with E-state index >= 15 is 8.78 Å². The smallest absolute Gasteiger partial charge is 0.319 e. The van der Waals surface area contributed by atoms with Crippen LogP contribution < -0.4 is 19.1 Å². The summed E-state index contributed by atoms with van der Waals surface area (Å²) in [6, 6.07) is 7.87. The fourth-order valence-corrected chi connectivity index (χ4v) is 8.25. The van der Waals surface area contributed by atoms with Crippen LogP contribution in [0.4, 0.5) is 19.0 Å². The minimum atomic E-state index is -0.914. The third-order valence-electron chi connectivity index (χ3n) is 10.4. The van der Waals surface area contributed by atoms with Crippen molar-refractivity contribution in [3.05, 3.63) is 47.5 Å². The molecule has 11 heteroatoms. The summed E-state index contributed by atoms with van der Waals surface area (Å²) in [5.41, 5.74) is 0.0288. The Hall–Kier alpha value is -4.27. The molecule has 2 saturated heterocycles. The number of hydrogen-bond donors (Lipinski definition) is 0. The molecule has 0 spiro atoms. The summed E-state index contributed by atoms with van der Waals surface area (Å²) in [6.45, 7) is 1.36. The van der Waals surface area contributed by atoms with Crippen LogP contribution in [0.3, 0.4) is 0 Å². The van der Waals surface area contributed by atoms with E-state index in [2.05, 4.69) is 15.8 Å². The average molecular weight is 645 g/mol. The maximum absolute atomic E-state index is 17.2. The standard InChI is InChI=1S/C36H35F3N4O4/c1-4-23-26(38)10-9-20-13-22(46-19-44-3)14-24(30(20)23)25-15-29-31-33(32(25)39)40-35(41-34(31)42(2)27-7-5-8-28(27)47-29)45-18-36-11-6-12-43(36)17-21(37)16-36/h1,9-10,13-15,21,27-28H,5-8,11-12,16-19H2,2-3H3/t21-,27+,28-,36+/m1/s1. The van der Waals surface area contributed by atoms with Gasteiger partial charge in [-0.1, -0.05) is 12.0 Å². The molecular weight excluding hydrogens is 609 g/mol. The van der Waals surface area contributed by atoms with Crippen molar-refractivity contribution in [2.24, 2.45) is 0 Å². The summed E-state index contributed by atoms with van der Waals surface area (Å²) in [6.07, 6.45) is 9.59. The van der Waals surface area contributed by atoms with Crippen LogP contribution in [-0.2, 0) is 4.74 Å². The normalized spacial score (nSPS) is 25.0. The number of fused-ring (bicyclic) bond motifs is 3. The monoisotopic (exact) mass is 644 g/mol. The van der Waals surface area contributed by atoms with Crippen molar-refractivity contribution >= 4 is 27.5 Å². The predicted molar refractivity (Wildman–Crippen MR) is 172 cm³/mol. The van der Waals surface area contributed by atoms with E-state index in [1.54, 1.807) is 24.3 Å². The fourth-order valence-electron chi connectivity index (χ4n) is 8.25. The van der Waals surface area contributed by atoms with Gasteiger partial charge in [-0.15, -0.1) is 6.42 Å². The topological polar surface area (TPSA) is 69.2 Å². The van der Waals surface area contributed by atoms with Gasteiger partial charge in [-0.05, 0) is 73.9 Å². The van der Waals surface area contributed by atoms with Crippen molar-refractivity contribution in [1.82, 2.24) is 14.9 Å². The third kappa shape index (κ3) is 4.83. The van der Waals surface area contributed by atoms with Crippen LogP contribution in [0.2, 0.25) is 0 Å². The Balaban J connectivity index is 1.34. The molecule has 1 saturated carbocycles. The number of nitrogens with zero attached hydrogens (tertiary/aromatic N) is 4. The summed E-state index contributed by atoms with van der Waals surface area (Å²) in [4.78, 5) is 13.7. The Morgan fingerprint density at radius 1 is 1.09 bits per heavy atom. The molecule has 47 heavy (non-hydrogen) atoms. The number of terminal acetylenes is 1. The first kappa shape index (κ1) is 30.1. The zero-order chi connectivity index (χ0) is 32.4. The highest BCUT2D eigenvalue weighted by Gasteiger charge is 2.49. The zero-order valence-corrected chi connectivity index (χ0v) is 26.3. The number of halogens is 3. The zero-order valence-electron chi connectivity index (χ0n) is 26.3. The van der Waals surface area contributed by atoms with Crippen molar-refractivity contribution in [3.63, 3.8) is 0 Å². The van der Waals surface area contributed by atoms with Gasteiger partial charge in [0.15, 0.2) is 12.6 Å². The predicted octanol–water partition coefficient (Wildman–Crippen LogP) is 6.40. The number of likely N-dealkylation sites (N-methyl/N-ethyl adjacent to an activating group) is 1. The highest BCUT2D eigenvalue weighted by Crippen LogP contribution is 2.47. The number of aromatic nitrogens is 2. The van der Waals surface area contributed by atoms with Crippen molar-refractivity contribution in [1.29, 1.82) is 0 Å². The van der Waals surface area contributed by atoms with Gasteiger partial charge < -0.3 is 23.8 Å². The molecule has 0 N–H and O–H groups in total. The molecule has 1 aromatic heterocycles. The minimum absolute atomic E-state index is 0.00756. The molecule has 4 aromatic rings. The van der Waals surface area contributed by atoms with Crippen LogP contribution in [-0.4, -0.2) is 79.4 Å². The molecule has 4 heterocycles. The molecule has 3 aromatic carbocycles. The summed E-state index contributed by atoms with van der Waals surface area (Å²) in [7, 11) is 3.44. The van der Waals surface area contributed by atoms with Gasteiger partial charge in [-0.3, -0.25) is 4.90 Å². The van der Waals surface area contributed by atoms with Gasteiger partial charge in [0.25, 0.3) is 0 Å². The quantitative estimate of drug-likeness (QED) is 0.169. The minimum Gasteiger partial charge on any atom is -0.487 e. The van der Waals surface area contributed by atoms with Crippen LogP contribution >= 0.6 is 0 Å². The molecule has 4 atom stereocenters. The molecule has 4 aliphatic rings. The molecule has 3 aliphatic heterocycles. The lowest BCUT2D eigenvalue weighted by atomic mass is 9.92. The number of ether oxygens (including phenoxy) is 4. The van der Waals surface area contributed by atoms with Crippen LogP contribution in [0.1, 0.15) is 44.1 Å². The first-order chi connectivity index (χ1) is 22.8. The maximum atomic E-state index is 17.2. The summed E-state index contributed by atoms with van der Waals surface area (Å²) in [5.74, 6) is 2.52. The summed E-state index contributed by atoms with van der Waals surface area (Å²) >= 11 is 0. The molecule has 244 valence electrons. The number of alkyl halides is 1. The SMILES string of the molecule is C#Cc1c(F)ccc2cc(OCOC)cc(-c3cc4c5c(nc(OC[C@@]67CCCN6C[C@H](F)C7)nc5c3F)N(C)[C@H]3CCC[C@H]3O4)c12. The van der Waals surface area contributed by atoms with Crippen LogP contribution in [0.15, 0.2) is 30.3 Å². The number of anilines is 1. The molecule has 1 aliphatic carbocycles. The highest BCUT2D eigenvalue weighted by molar-refractivity contribution is 6.06. The van der Waals surface area contributed by atoms with Gasteiger partial charge in [-0.2, -0.15) is 9.97 Å². The Bertz CT molecular complexity index is 1950. The van der Waals surface area contributed by atoms with Gasteiger partial charge in [0.05, 0.1) is 22.5 Å². The number of hydrogen-bond acceptors (Lipinski definition) is 8. The molecule has 0 unspecified atom stereocenters. The van der Waals surface area contributed by atoms with Crippen LogP contribution in [0, 0.1) is 24.0 Å². The first-order valence-electron chi connectivity index (χ1n) is 16.1. The second-order valence-corrected chi connectivity index (χ2v) is 13.1. The van der Waals surface area contributed by atoms with E-state index in [1.807, 2.05) is 11.9 Å². The maximum Gasteiger partial charge on any atom is 0.319 e. The lowest BCUT2D eigenvalue weighted by Crippen LogP contribution is -2.43. The first-order valence-corrected chi connectivity index (χ1v) is 16.1. The number of rotatable bonds is 7. The molecule has 0 amide bonds. The Morgan fingerprint density at radius 2 is 1.96 bits per heavy atom. The third-order valence-corrected chi connectivity index (χ3v) is 10.4. The molecule has 8 rings (SSSR count).